The fourth-order valence-corrected chi connectivity index (χ4v) is 3.18. The second kappa shape index (κ2) is 6.85. The van der Waals surface area contributed by atoms with Crippen molar-refractivity contribution in [3.63, 3.8) is 0 Å². The zero-order chi connectivity index (χ0) is 17.2. The van der Waals surface area contributed by atoms with Crippen LogP contribution in [0.3, 0.4) is 0 Å². The standard InChI is InChI=1S/C19H20BrNO3/c1-19(2,14-6-7-16-17(12-14)24-9-8-23-16)21-18(22)11-13-4-3-5-15(20)10-13/h3-7,10,12H,8-9,11H2,1-2H3,(H,21,22). The maximum Gasteiger partial charge on any atom is 0.225 e. The Hall–Kier alpha value is -2.01. The number of carbonyl (C=O) groups excluding carboxylic acids is 1. The molecule has 0 radical (unpaired) electrons. The zero-order valence-electron chi connectivity index (χ0n) is 13.8. The fourth-order valence-electron chi connectivity index (χ4n) is 2.73. The molecule has 0 atom stereocenters. The molecule has 1 N–H and O–H groups in total. The topological polar surface area (TPSA) is 47.6 Å². The van der Waals surface area contributed by atoms with Gasteiger partial charge in [-0.15, -0.1) is 0 Å². The second-order valence-electron chi connectivity index (χ2n) is 6.34. The van der Waals surface area contributed by atoms with Gasteiger partial charge in [-0.2, -0.15) is 0 Å². The molecule has 2 aromatic rings. The van der Waals surface area contributed by atoms with Crippen molar-refractivity contribution >= 4 is 21.8 Å². The normalized spacial score (nSPS) is 13.5. The molecule has 1 amide bonds. The number of rotatable bonds is 4. The summed E-state index contributed by atoms with van der Waals surface area (Å²) in [4.78, 5) is 12.4. The molecule has 4 nitrogen and oxygen atoms in total. The van der Waals surface area contributed by atoms with Crippen molar-refractivity contribution in [2.45, 2.75) is 25.8 Å². The quantitative estimate of drug-likeness (QED) is 0.864. The lowest BCUT2D eigenvalue weighted by molar-refractivity contribution is -0.122. The minimum Gasteiger partial charge on any atom is -0.486 e. The first kappa shape index (κ1) is 16.8. The molecule has 126 valence electrons. The number of ether oxygens (including phenoxy) is 2. The molecule has 2 aromatic carbocycles. The highest BCUT2D eigenvalue weighted by Gasteiger charge is 2.25. The molecule has 0 aliphatic carbocycles. The molecule has 1 aliphatic heterocycles. The Morgan fingerprint density at radius 3 is 2.62 bits per heavy atom. The first-order valence-electron chi connectivity index (χ1n) is 7.90. The largest absolute Gasteiger partial charge is 0.486 e. The van der Waals surface area contributed by atoms with Crippen LogP contribution in [0.5, 0.6) is 11.5 Å². The van der Waals surface area contributed by atoms with E-state index in [0.717, 1.165) is 27.1 Å². The lowest BCUT2D eigenvalue weighted by atomic mass is 9.93. The number of hydrogen-bond donors (Lipinski definition) is 1. The molecule has 0 aromatic heterocycles. The number of hydrogen-bond acceptors (Lipinski definition) is 3. The number of nitrogens with one attached hydrogen (secondary N) is 1. The Balaban J connectivity index is 1.72. The van der Waals surface area contributed by atoms with E-state index in [1.54, 1.807) is 0 Å². The van der Waals surface area contributed by atoms with Gasteiger partial charge in [0.2, 0.25) is 5.91 Å². The van der Waals surface area contributed by atoms with Gasteiger partial charge in [-0.05, 0) is 49.2 Å². The third-order valence-corrected chi connectivity index (χ3v) is 4.46. The lowest BCUT2D eigenvalue weighted by Gasteiger charge is -2.29. The van der Waals surface area contributed by atoms with E-state index in [9.17, 15) is 4.79 Å². The average Bonchev–Trinajstić information content (AvgIpc) is 2.53. The van der Waals surface area contributed by atoms with Crippen molar-refractivity contribution < 1.29 is 14.3 Å². The Labute approximate surface area is 150 Å². The van der Waals surface area contributed by atoms with Gasteiger partial charge in [0.25, 0.3) is 0 Å². The van der Waals surface area contributed by atoms with Crippen molar-refractivity contribution in [2.24, 2.45) is 0 Å². The van der Waals surface area contributed by atoms with Crippen LogP contribution in [0.25, 0.3) is 0 Å². The van der Waals surface area contributed by atoms with Crippen LogP contribution in [0.4, 0.5) is 0 Å². The molecule has 1 heterocycles. The number of fused-ring (bicyclic) bond motifs is 1. The minimum absolute atomic E-state index is 0.0204. The molecule has 3 rings (SSSR count). The van der Waals surface area contributed by atoms with Gasteiger partial charge in [0, 0.05) is 4.47 Å². The molecule has 1 aliphatic rings. The van der Waals surface area contributed by atoms with Gasteiger partial charge in [0.05, 0.1) is 12.0 Å². The number of carbonyl (C=O) groups is 1. The first-order valence-corrected chi connectivity index (χ1v) is 8.69. The SMILES string of the molecule is CC(C)(NC(=O)Cc1cccc(Br)c1)c1ccc2c(c1)OCCO2. The molecule has 0 saturated carbocycles. The van der Waals surface area contributed by atoms with Gasteiger partial charge < -0.3 is 14.8 Å². The van der Waals surface area contributed by atoms with Crippen LogP contribution in [0.15, 0.2) is 46.9 Å². The molecule has 0 unspecified atom stereocenters. The van der Waals surface area contributed by atoms with Crippen LogP contribution in [0, 0.1) is 0 Å². The highest BCUT2D eigenvalue weighted by atomic mass is 79.9. The zero-order valence-corrected chi connectivity index (χ0v) is 15.4. The average molecular weight is 390 g/mol. The summed E-state index contributed by atoms with van der Waals surface area (Å²) in [6.07, 6.45) is 0.341. The summed E-state index contributed by atoms with van der Waals surface area (Å²) in [6, 6.07) is 13.6. The van der Waals surface area contributed by atoms with Crippen molar-refractivity contribution in [2.75, 3.05) is 13.2 Å². The van der Waals surface area contributed by atoms with Gasteiger partial charge in [-0.3, -0.25) is 4.79 Å². The third kappa shape index (κ3) is 3.90. The maximum absolute atomic E-state index is 12.4. The van der Waals surface area contributed by atoms with E-state index in [1.165, 1.54) is 0 Å². The summed E-state index contributed by atoms with van der Waals surface area (Å²) >= 11 is 3.43. The van der Waals surface area contributed by atoms with Crippen LogP contribution in [-0.2, 0) is 16.8 Å². The Morgan fingerprint density at radius 2 is 1.88 bits per heavy atom. The fraction of sp³-hybridized carbons (Fsp3) is 0.316. The van der Waals surface area contributed by atoms with Crippen LogP contribution in [0.1, 0.15) is 25.0 Å². The van der Waals surface area contributed by atoms with E-state index in [-0.39, 0.29) is 5.91 Å². The summed E-state index contributed by atoms with van der Waals surface area (Å²) in [5.41, 5.74) is 1.45. The van der Waals surface area contributed by atoms with E-state index >= 15 is 0 Å². The van der Waals surface area contributed by atoms with Crippen molar-refractivity contribution in [3.05, 3.63) is 58.1 Å². The maximum atomic E-state index is 12.4. The molecule has 0 fully saturated rings. The van der Waals surface area contributed by atoms with Gasteiger partial charge >= 0.3 is 0 Å². The van der Waals surface area contributed by atoms with Crippen molar-refractivity contribution in [1.82, 2.24) is 5.32 Å². The second-order valence-corrected chi connectivity index (χ2v) is 7.25. The molecular formula is C19H20BrNO3. The lowest BCUT2D eigenvalue weighted by Crippen LogP contribution is -2.41. The highest BCUT2D eigenvalue weighted by molar-refractivity contribution is 9.10. The smallest absolute Gasteiger partial charge is 0.225 e. The summed E-state index contributed by atoms with van der Waals surface area (Å²) < 4.78 is 12.1. The van der Waals surface area contributed by atoms with E-state index in [2.05, 4.69) is 21.2 Å². The summed E-state index contributed by atoms with van der Waals surface area (Å²) in [5, 5.41) is 3.10. The van der Waals surface area contributed by atoms with Crippen LogP contribution < -0.4 is 14.8 Å². The summed E-state index contributed by atoms with van der Waals surface area (Å²) in [5.74, 6) is 1.46. The predicted octanol–water partition coefficient (Wildman–Crippen LogP) is 3.81. The number of benzene rings is 2. The van der Waals surface area contributed by atoms with E-state index in [1.807, 2.05) is 56.3 Å². The Kier molecular flexibility index (Phi) is 4.81. The molecule has 0 bridgehead atoms. The Bertz CT molecular complexity index is 758. The number of halogens is 1. The predicted molar refractivity (Wildman–Crippen MR) is 96.4 cm³/mol. The van der Waals surface area contributed by atoms with Crippen LogP contribution in [-0.4, -0.2) is 19.1 Å². The van der Waals surface area contributed by atoms with Gasteiger partial charge in [0.15, 0.2) is 11.5 Å². The summed E-state index contributed by atoms with van der Waals surface area (Å²) in [7, 11) is 0. The number of amides is 1. The van der Waals surface area contributed by atoms with Gasteiger partial charge in [-0.1, -0.05) is 34.1 Å². The van der Waals surface area contributed by atoms with Crippen LogP contribution >= 0.6 is 15.9 Å². The van der Waals surface area contributed by atoms with Gasteiger partial charge in [-0.25, -0.2) is 0 Å². The first-order chi connectivity index (χ1) is 11.4. The van der Waals surface area contributed by atoms with Crippen molar-refractivity contribution in [1.29, 1.82) is 0 Å². The van der Waals surface area contributed by atoms with Gasteiger partial charge in [0.1, 0.15) is 13.2 Å². The van der Waals surface area contributed by atoms with E-state index in [4.69, 9.17) is 9.47 Å². The molecule has 5 heteroatoms. The van der Waals surface area contributed by atoms with E-state index in [0.29, 0.717) is 19.6 Å². The molecule has 24 heavy (non-hydrogen) atoms. The molecule has 0 saturated heterocycles. The minimum atomic E-state index is -0.501. The molecular weight excluding hydrogens is 370 g/mol. The third-order valence-electron chi connectivity index (χ3n) is 3.97. The highest BCUT2D eigenvalue weighted by Crippen LogP contribution is 2.34. The Morgan fingerprint density at radius 1 is 1.12 bits per heavy atom. The molecule has 0 spiro atoms. The van der Waals surface area contributed by atoms with E-state index < -0.39 is 5.54 Å². The monoisotopic (exact) mass is 389 g/mol. The summed E-state index contributed by atoms with van der Waals surface area (Å²) in [6.45, 7) is 5.08. The van der Waals surface area contributed by atoms with Crippen molar-refractivity contribution in [3.8, 4) is 11.5 Å². The van der Waals surface area contributed by atoms with Crippen LogP contribution in [0.2, 0.25) is 0 Å².